The van der Waals surface area contributed by atoms with Crippen LogP contribution in [-0.2, 0) is 32.6 Å². The zero-order chi connectivity index (χ0) is 35.1. The first-order valence-electron chi connectivity index (χ1n) is 15.7. The highest BCUT2D eigenvalue weighted by atomic mass is 35.5. The van der Waals surface area contributed by atoms with Gasteiger partial charge in [-0.15, -0.1) is 0 Å². The summed E-state index contributed by atoms with van der Waals surface area (Å²) in [7, 11) is -4.47. The highest BCUT2D eigenvalue weighted by Crippen LogP contribution is 2.35. The Morgan fingerprint density at radius 1 is 0.878 bits per heavy atom. The Balaban J connectivity index is 1.59. The van der Waals surface area contributed by atoms with Gasteiger partial charge >= 0.3 is 0 Å². The highest BCUT2D eigenvalue weighted by molar-refractivity contribution is 7.92. The van der Waals surface area contributed by atoms with Crippen LogP contribution in [0.3, 0.4) is 0 Å². The molecule has 1 aliphatic rings. The van der Waals surface area contributed by atoms with Crippen molar-refractivity contribution in [1.82, 2.24) is 10.2 Å². The second kappa shape index (κ2) is 15.9. The van der Waals surface area contributed by atoms with Crippen LogP contribution in [0.25, 0.3) is 0 Å². The van der Waals surface area contributed by atoms with E-state index < -0.39 is 40.2 Å². The Kier molecular flexibility index (Phi) is 11.7. The molecule has 0 saturated carbocycles. The average molecular weight is 729 g/mol. The number of ether oxygens (including phenoxy) is 2. The summed E-state index contributed by atoms with van der Waals surface area (Å²) in [6, 6.07) is 21.9. The third kappa shape index (κ3) is 8.83. The molecule has 1 heterocycles. The Bertz CT molecular complexity index is 1870. The van der Waals surface area contributed by atoms with Gasteiger partial charge in [0.2, 0.25) is 11.8 Å². The predicted octanol–water partition coefficient (Wildman–Crippen LogP) is 6.51. The van der Waals surface area contributed by atoms with E-state index in [0.29, 0.717) is 24.5 Å². The quantitative estimate of drug-likeness (QED) is 0.168. The lowest BCUT2D eigenvalue weighted by molar-refractivity contribution is -0.140. The van der Waals surface area contributed by atoms with Gasteiger partial charge in [-0.2, -0.15) is 0 Å². The third-order valence-corrected chi connectivity index (χ3v) is 10.3. The zero-order valence-corrected chi connectivity index (χ0v) is 29.3. The standard InChI is InChI=1S/C36H36Cl2FN3O6S/c1-24(2)21-40-36(44)32(19-25-7-4-3-5-8-25)41(22-29-30(37)9-6-10-31(29)38)35(43)23-42(27-13-11-26(39)12-14-27)49(45,46)28-15-16-33-34(20-28)48-18-17-47-33/h3-16,20,24,32H,17-19,21-23H2,1-2H3,(H,40,44)/t32-/m0/s1. The number of hydrogen-bond donors (Lipinski definition) is 1. The predicted molar refractivity (Wildman–Crippen MR) is 187 cm³/mol. The molecule has 4 aromatic rings. The van der Waals surface area contributed by atoms with Crippen molar-refractivity contribution >= 4 is 50.7 Å². The van der Waals surface area contributed by atoms with Crippen LogP contribution < -0.4 is 19.1 Å². The van der Waals surface area contributed by atoms with E-state index in [1.54, 1.807) is 18.2 Å². The number of benzene rings is 4. The van der Waals surface area contributed by atoms with Crippen molar-refractivity contribution < 1.29 is 31.9 Å². The number of hydrogen-bond acceptors (Lipinski definition) is 6. The number of carbonyl (C=O) groups excluding carboxylic acids is 2. The van der Waals surface area contributed by atoms with Crippen LogP contribution in [0.2, 0.25) is 10.0 Å². The molecule has 9 nitrogen and oxygen atoms in total. The lowest BCUT2D eigenvalue weighted by atomic mass is 10.0. The maximum absolute atomic E-state index is 14.6. The van der Waals surface area contributed by atoms with Gasteiger partial charge in [0.1, 0.15) is 31.6 Å². The molecule has 0 saturated heterocycles. The minimum Gasteiger partial charge on any atom is -0.486 e. The van der Waals surface area contributed by atoms with Crippen LogP contribution in [0.4, 0.5) is 10.1 Å². The van der Waals surface area contributed by atoms with Crippen LogP contribution in [-0.4, -0.2) is 57.5 Å². The Hall–Kier alpha value is -4.32. The summed E-state index contributed by atoms with van der Waals surface area (Å²) < 4.78 is 54.8. The van der Waals surface area contributed by atoms with Gasteiger partial charge in [-0.25, -0.2) is 12.8 Å². The molecule has 0 aliphatic carbocycles. The molecule has 1 N–H and O–H groups in total. The van der Waals surface area contributed by atoms with Crippen LogP contribution in [0.15, 0.2) is 95.9 Å². The van der Waals surface area contributed by atoms with Crippen molar-refractivity contribution in [2.45, 2.75) is 37.8 Å². The third-order valence-electron chi connectivity index (χ3n) is 7.84. The van der Waals surface area contributed by atoms with Gasteiger partial charge in [-0.3, -0.25) is 13.9 Å². The summed E-state index contributed by atoms with van der Waals surface area (Å²) in [6.07, 6.45) is 0.115. The van der Waals surface area contributed by atoms with Crippen molar-refractivity contribution in [2.24, 2.45) is 5.92 Å². The van der Waals surface area contributed by atoms with E-state index in [2.05, 4.69) is 5.32 Å². The largest absolute Gasteiger partial charge is 0.486 e. The molecule has 49 heavy (non-hydrogen) atoms. The van der Waals surface area contributed by atoms with E-state index in [9.17, 15) is 22.4 Å². The van der Waals surface area contributed by atoms with Crippen LogP contribution in [0.1, 0.15) is 25.0 Å². The minimum absolute atomic E-state index is 0.0317. The van der Waals surface area contributed by atoms with Gasteiger partial charge in [0.25, 0.3) is 10.0 Å². The highest BCUT2D eigenvalue weighted by Gasteiger charge is 2.36. The van der Waals surface area contributed by atoms with E-state index in [-0.39, 0.29) is 51.9 Å². The summed E-state index contributed by atoms with van der Waals surface area (Å²) in [5, 5.41) is 3.47. The molecule has 13 heteroatoms. The zero-order valence-electron chi connectivity index (χ0n) is 26.9. The Morgan fingerprint density at radius 3 is 2.18 bits per heavy atom. The van der Waals surface area contributed by atoms with Crippen molar-refractivity contribution in [2.75, 3.05) is 30.6 Å². The fourth-order valence-corrected chi connectivity index (χ4v) is 7.22. The lowest BCUT2D eigenvalue weighted by Gasteiger charge is -2.34. The number of carbonyl (C=O) groups is 2. The molecule has 0 fully saturated rings. The molecule has 0 unspecified atom stereocenters. The fraction of sp³-hybridized carbons (Fsp3) is 0.278. The number of nitrogens with zero attached hydrogens (tertiary/aromatic N) is 2. The maximum Gasteiger partial charge on any atom is 0.264 e. The van der Waals surface area contributed by atoms with Gasteiger partial charge in [0.15, 0.2) is 11.5 Å². The summed E-state index contributed by atoms with van der Waals surface area (Å²) >= 11 is 13.1. The molecule has 5 rings (SSSR count). The first-order chi connectivity index (χ1) is 23.4. The first-order valence-corrected chi connectivity index (χ1v) is 17.9. The fourth-order valence-electron chi connectivity index (χ4n) is 5.28. The summed E-state index contributed by atoms with van der Waals surface area (Å²) in [6.45, 7) is 3.84. The van der Waals surface area contributed by atoms with Crippen molar-refractivity contribution in [3.63, 3.8) is 0 Å². The number of fused-ring (bicyclic) bond motifs is 1. The first kappa shape index (κ1) is 36.0. The number of amides is 2. The summed E-state index contributed by atoms with van der Waals surface area (Å²) in [4.78, 5) is 29.7. The second-order valence-electron chi connectivity index (χ2n) is 11.9. The van der Waals surface area contributed by atoms with E-state index in [0.717, 1.165) is 22.0 Å². The molecule has 0 spiro atoms. The van der Waals surface area contributed by atoms with Crippen molar-refractivity contribution in [3.8, 4) is 11.5 Å². The second-order valence-corrected chi connectivity index (χ2v) is 14.5. The smallest absolute Gasteiger partial charge is 0.264 e. The van der Waals surface area contributed by atoms with E-state index in [1.165, 1.54) is 35.2 Å². The van der Waals surface area contributed by atoms with E-state index in [1.807, 2.05) is 44.2 Å². The molecule has 0 bridgehead atoms. The molecule has 0 aromatic heterocycles. The normalized spacial score (nSPS) is 13.1. The molecule has 1 atom stereocenters. The number of sulfonamides is 1. The molecule has 1 aliphatic heterocycles. The minimum atomic E-state index is -4.47. The van der Waals surface area contributed by atoms with Crippen molar-refractivity contribution in [3.05, 3.63) is 118 Å². The van der Waals surface area contributed by atoms with E-state index in [4.69, 9.17) is 32.7 Å². The Labute approximate surface area is 295 Å². The summed E-state index contributed by atoms with van der Waals surface area (Å²) in [5.74, 6) is -1.01. The van der Waals surface area contributed by atoms with E-state index >= 15 is 0 Å². The number of rotatable bonds is 13. The number of nitrogens with one attached hydrogen (secondary N) is 1. The molecule has 2 amide bonds. The Morgan fingerprint density at radius 2 is 1.53 bits per heavy atom. The van der Waals surface area contributed by atoms with Crippen molar-refractivity contribution in [1.29, 1.82) is 0 Å². The summed E-state index contributed by atoms with van der Waals surface area (Å²) in [5.41, 5.74) is 1.19. The molecular formula is C36H36Cl2FN3O6S. The molecular weight excluding hydrogens is 692 g/mol. The molecule has 0 radical (unpaired) electrons. The molecule has 258 valence electrons. The van der Waals surface area contributed by atoms with Gasteiger partial charge in [0.05, 0.1) is 10.6 Å². The van der Waals surface area contributed by atoms with Crippen LogP contribution in [0, 0.1) is 11.7 Å². The van der Waals surface area contributed by atoms with Crippen LogP contribution in [0.5, 0.6) is 11.5 Å². The topological polar surface area (TPSA) is 105 Å². The molecule has 4 aromatic carbocycles. The van der Waals surface area contributed by atoms with Gasteiger partial charge in [0, 0.05) is 41.2 Å². The number of halogens is 3. The maximum atomic E-state index is 14.6. The van der Waals surface area contributed by atoms with Gasteiger partial charge in [-0.05, 0) is 60.0 Å². The number of anilines is 1. The van der Waals surface area contributed by atoms with Crippen LogP contribution >= 0.6 is 23.2 Å². The van der Waals surface area contributed by atoms with Gasteiger partial charge < -0.3 is 19.7 Å². The average Bonchev–Trinajstić information content (AvgIpc) is 3.09. The monoisotopic (exact) mass is 727 g/mol. The SMILES string of the molecule is CC(C)CNC(=O)[C@H](Cc1ccccc1)N(Cc1c(Cl)cccc1Cl)C(=O)CN(c1ccc(F)cc1)S(=O)(=O)c1ccc2c(c1)OCCO2. The lowest BCUT2D eigenvalue weighted by Crippen LogP contribution is -2.53. The van der Waals surface area contributed by atoms with Gasteiger partial charge in [-0.1, -0.05) is 73.4 Å².